The number of hydrogen-bond donors (Lipinski definition) is 0. The van der Waals surface area contributed by atoms with Crippen LogP contribution in [0, 0.1) is 0 Å². The van der Waals surface area contributed by atoms with Gasteiger partial charge in [-0.1, -0.05) is 6.42 Å². The predicted molar refractivity (Wildman–Crippen MR) is 66.2 cm³/mol. The zero-order valence-electron chi connectivity index (χ0n) is 10.4. The normalized spacial score (nSPS) is 22.7. The van der Waals surface area contributed by atoms with Crippen molar-refractivity contribution >= 4 is 13.3 Å². The number of hydrogen-bond acceptors (Lipinski definition) is 4. The van der Waals surface area contributed by atoms with E-state index in [4.69, 9.17) is 9.05 Å². The van der Waals surface area contributed by atoms with Crippen LogP contribution in [-0.4, -0.2) is 24.7 Å². The molecule has 1 aliphatic heterocycles. The molecule has 1 rings (SSSR count). The van der Waals surface area contributed by atoms with Crippen LogP contribution in [0.3, 0.4) is 0 Å². The van der Waals surface area contributed by atoms with Crippen molar-refractivity contribution in [2.75, 3.05) is 13.2 Å². The summed E-state index contributed by atoms with van der Waals surface area (Å²) in [5, 5.41) is 0. The van der Waals surface area contributed by atoms with Gasteiger partial charge in [0.1, 0.15) is 0 Å². The van der Waals surface area contributed by atoms with E-state index in [0.717, 1.165) is 31.4 Å². The highest BCUT2D eigenvalue weighted by atomic mass is 31.2. The minimum atomic E-state index is -3.05. The van der Waals surface area contributed by atoms with Crippen LogP contribution >= 0.6 is 7.60 Å². The first kappa shape index (κ1) is 13.9. The van der Waals surface area contributed by atoms with Crippen LogP contribution in [0.5, 0.6) is 0 Å². The minimum Gasteiger partial charge on any atom is -0.307 e. The summed E-state index contributed by atoms with van der Waals surface area (Å²) in [5.74, 6) is -0.296. The summed E-state index contributed by atoms with van der Waals surface area (Å²) in [6.45, 7) is 6.46. The second-order valence-electron chi connectivity index (χ2n) is 3.97. The summed E-state index contributed by atoms with van der Waals surface area (Å²) in [6.07, 6.45) is 3.95. The maximum atomic E-state index is 12.5. The Hall–Kier alpha value is -0.180. The average molecular weight is 247 g/mol. The predicted octanol–water partition coefficient (Wildman–Crippen LogP) is 3.61. The van der Waals surface area contributed by atoms with E-state index in [1.54, 1.807) is 0 Å². The zero-order valence-corrected chi connectivity index (χ0v) is 11.3. The summed E-state index contributed by atoms with van der Waals surface area (Å²) >= 11 is 0. The van der Waals surface area contributed by atoms with Gasteiger partial charge in [-0.05, 0) is 40.0 Å². The van der Waals surface area contributed by atoms with Gasteiger partial charge in [-0.3, -0.25) is 9.56 Å². The summed E-state index contributed by atoms with van der Waals surface area (Å²) < 4.78 is 23.2. The quantitative estimate of drug-likeness (QED) is 0.697. The molecule has 0 spiro atoms. The Morgan fingerprint density at radius 2 is 1.94 bits per heavy atom. The molecule has 94 valence electrons. The van der Waals surface area contributed by atoms with E-state index in [1.807, 2.05) is 20.8 Å². The van der Waals surface area contributed by atoms with Crippen LogP contribution in [0.4, 0.5) is 0 Å². The largest absolute Gasteiger partial charge is 0.354 e. The van der Waals surface area contributed by atoms with Crippen LogP contribution in [0.2, 0.25) is 0 Å². The van der Waals surface area contributed by atoms with Crippen molar-refractivity contribution in [2.24, 2.45) is 4.99 Å². The Labute approximate surface area is 98.0 Å². The zero-order chi connectivity index (χ0) is 12.0. The molecule has 0 bridgehead atoms. The highest BCUT2D eigenvalue weighted by Gasteiger charge is 2.35. The monoisotopic (exact) mass is 247 g/mol. The molecule has 1 atom stereocenters. The van der Waals surface area contributed by atoms with Crippen molar-refractivity contribution < 1.29 is 13.6 Å². The SMILES string of the molecule is CCOP(=O)(OCC)[C@@H]1CCCCC(C)=N1. The first-order valence-corrected chi connectivity index (χ1v) is 7.65. The molecular formula is C11H22NO3P. The Morgan fingerprint density at radius 3 is 2.50 bits per heavy atom. The van der Waals surface area contributed by atoms with E-state index in [2.05, 4.69) is 4.99 Å². The molecule has 0 fully saturated rings. The number of rotatable bonds is 5. The molecule has 0 unspecified atom stereocenters. The molecule has 16 heavy (non-hydrogen) atoms. The van der Waals surface area contributed by atoms with Crippen molar-refractivity contribution in [1.29, 1.82) is 0 Å². The molecule has 0 saturated heterocycles. The van der Waals surface area contributed by atoms with Crippen LogP contribution in [0.15, 0.2) is 4.99 Å². The van der Waals surface area contributed by atoms with Gasteiger partial charge in [0.2, 0.25) is 0 Å². The Bertz CT molecular complexity index is 281. The summed E-state index contributed by atoms with van der Waals surface area (Å²) in [7, 11) is -3.05. The lowest BCUT2D eigenvalue weighted by molar-refractivity contribution is 0.211. The highest BCUT2D eigenvalue weighted by Crippen LogP contribution is 2.55. The molecule has 0 radical (unpaired) electrons. The third-order valence-corrected chi connectivity index (χ3v) is 4.94. The fourth-order valence-electron chi connectivity index (χ4n) is 1.89. The fraction of sp³-hybridized carbons (Fsp3) is 0.909. The van der Waals surface area contributed by atoms with Crippen molar-refractivity contribution in [3.05, 3.63) is 0 Å². The lowest BCUT2D eigenvalue weighted by Gasteiger charge is -2.22. The van der Waals surface area contributed by atoms with Crippen LogP contribution in [0.1, 0.15) is 46.5 Å². The third-order valence-electron chi connectivity index (χ3n) is 2.60. The Morgan fingerprint density at radius 1 is 1.31 bits per heavy atom. The van der Waals surface area contributed by atoms with Gasteiger partial charge in [-0.2, -0.15) is 0 Å². The standard InChI is InChI=1S/C11H22NO3P/c1-4-14-16(13,15-5-2)11-9-7-6-8-10(3)12-11/h11H,4-9H2,1-3H3/t11-/m1/s1. The van der Waals surface area contributed by atoms with Crippen LogP contribution in [0.25, 0.3) is 0 Å². The molecule has 0 aliphatic carbocycles. The van der Waals surface area contributed by atoms with Gasteiger partial charge in [0.15, 0.2) is 5.78 Å². The van der Waals surface area contributed by atoms with E-state index < -0.39 is 7.60 Å². The molecule has 5 heteroatoms. The molecule has 0 amide bonds. The van der Waals surface area contributed by atoms with Crippen molar-refractivity contribution in [3.63, 3.8) is 0 Å². The van der Waals surface area contributed by atoms with Gasteiger partial charge in [0, 0.05) is 5.71 Å². The molecule has 0 N–H and O–H groups in total. The second-order valence-corrected chi connectivity index (χ2v) is 6.16. The molecule has 1 aliphatic rings. The van der Waals surface area contributed by atoms with E-state index in [9.17, 15) is 4.57 Å². The van der Waals surface area contributed by atoms with Crippen molar-refractivity contribution in [1.82, 2.24) is 0 Å². The minimum absolute atomic E-state index is 0.296. The molecule has 0 aromatic rings. The maximum Gasteiger partial charge on any atom is 0.354 e. The van der Waals surface area contributed by atoms with Gasteiger partial charge >= 0.3 is 7.60 Å². The molecule has 0 aromatic carbocycles. The van der Waals surface area contributed by atoms with Gasteiger partial charge < -0.3 is 9.05 Å². The first-order valence-electron chi connectivity index (χ1n) is 6.04. The van der Waals surface area contributed by atoms with Crippen molar-refractivity contribution in [2.45, 2.75) is 52.2 Å². The maximum absolute atomic E-state index is 12.5. The van der Waals surface area contributed by atoms with Crippen molar-refractivity contribution in [3.8, 4) is 0 Å². The van der Waals surface area contributed by atoms with Gasteiger partial charge in [0.05, 0.1) is 13.2 Å². The summed E-state index contributed by atoms with van der Waals surface area (Å²) in [4.78, 5) is 4.49. The van der Waals surface area contributed by atoms with Crippen LogP contribution < -0.4 is 0 Å². The molecule has 4 nitrogen and oxygen atoms in total. The smallest absolute Gasteiger partial charge is 0.307 e. The topological polar surface area (TPSA) is 47.9 Å². The lowest BCUT2D eigenvalue weighted by atomic mass is 10.2. The summed E-state index contributed by atoms with van der Waals surface area (Å²) in [5.41, 5.74) is 1.06. The second kappa shape index (κ2) is 6.53. The van der Waals surface area contributed by atoms with Gasteiger partial charge in [-0.25, -0.2) is 0 Å². The van der Waals surface area contributed by atoms with E-state index in [-0.39, 0.29) is 5.78 Å². The molecule has 0 aromatic heterocycles. The van der Waals surface area contributed by atoms with E-state index in [1.165, 1.54) is 0 Å². The first-order chi connectivity index (χ1) is 7.62. The van der Waals surface area contributed by atoms with Gasteiger partial charge in [0.25, 0.3) is 0 Å². The van der Waals surface area contributed by atoms with E-state index >= 15 is 0 Å². The molecular weight excluding hydrogens is 225 g/mol. The highest BCUT2D eigenvalue weighted by molar-refractivity contribution is 7.54. The number of nitrogens with zero attached hydrogens (tertiary/aromatic N) is 1. The third kappa shape index (κ3) is 3.69. The van der Waals surface area contributed by atoms with Crippen LogP contribution in [-0.2, 0) is 13.6 Å². The van der Waals surface area contributed by atoms with Gasteiger partial charge in [-0.15, -0.1) is 0 Å². The fourth-order valence-corrected chi connectivity index (χ4v) is 3.87. The van der Waals surface area contributed by atoms with E-state index in [0.29, 0.717) is 13.2 Å². The average Bonchev–Trinajstić information content (AvgIpc) is 2.44. The Balaban J connectivity index is 2.83. The lowest BCUT2D eigenvalue weighted by Crippen LogP contribution is -2.11. The molecule has 0 saturated carbocycles. The summed E-state index contributed by atoms with van der Waals surface area (Å²) in [6, 6.07) is 0. The number of aliphatic imine (C=N–C) groups is 1. The molecule has 1 heterocycles. The Kier molecular flexibility index (Phi) is 5.67.